The van der Waals surface area contributed by atoms with Gasteiger partial charge in [-0.3, -0.25) is 4.79 Å². The van der Waals surface area contributed by atoms with Crippen molar-refractivity contribution in [1.29, 1.82) is 0 Å². The fourth-order valence-corrected chi connectivity index (χ4v) is 2.65. The molecule has 122 valence electrons. The first kappa shape index (κ1) is 16.9. The van der Waals surface area contributed by atoms with Gasteiger partial charge in [0.1, 0.15) is 0 Å². The van der Waals surface area contributed by atoms with Crippen molar-refractivity contribution in [3.63, 3.8) is 0 Å². The van der Waals surface area contributed by atoms with Crippen LogP contribution < -0.4 is 14.8 Å². The Morgan fingerprint density at radius 1 is 1.04 bits per heavy atom. The van der Waals surface area contributed by atoms with E-state index in [1.54, 1.807) is 25.3 Å². The van der Waals surface area contributed by atoms with Crippen LogP contribution in [-0.2, 0) is 0 Å². The number of anilines is 1. The van der Waals surface area contributed by atoms with Gasteiger partial charge in [0.05, 0.1) is 13.7 Å². The van der Waals surface area contributed by atoms with Crippen molar-refractivity contribution in [1.82, 2.24) is 0 Å². The molecule has 0 radical (unpaired) electrons. The van der Waals surface area contributed by atoms with E-state index in [4.69, 9.17) is 9.47 Å². The third-order valence-electron chi connectivity index (χ3n) is 3.64. The smallest absolute Gasteiger partial charge is 0.255 e. The van der Waals surface area contributed by atoms with Crippen molar-refractivity contribution in [2.24, 2.45) is 0 Å². The zero-order chi connectivity index (χ0) is 17.0. The molecule has 2 aromatic rings. The van der Waals surface area contributed by atoms with Crippen LogP contribution in [0, 0.1) is 20.8 Å². The average molecular weight is 313 g/mol. The molecule has 0 aliphatic rings. The second-order valence-corrected chi connectivity index (χ2v) is 5.53. The molecule has 0 spiro atoms. The van der Waals surface area contributed by atoms with Crippen LogP contribution >= 0.6 is 0 Å². The van der Waals surface area contributed by atoms with E-state index in [-0.39, 0.29) is 5.91 Å². The fraction of sp³-hybridized carbons (Fsp3) is 0.316. The molecule has 2 rings (SSSR count). The maximum absolute atomic E-state index is 12.6. The van der Waals surface area contributed by atoms with Gasteiger partial charge in [0.25, 0.3) is 5.91 Å². The van der Waals surface area contributed by atoms with Crippen LogP contribution in [0.1, 0.15) is 34.0 Å². The minimum atomic E-state index is -0.163. The predicted octanol–water partition coefficient (Wildman–Crippen LogP) is 4.27. The highest BCUT2D eigenvalue weighted by atomic mass is 16.5. The van der Waals surface area contributed by atoms with Gasteiger partial charge in [-0.15, -0.1) is 0 Å². The standard InChI is InChI=1S/C19H23NO3/c1-6-23-17-11-15(7-8-16(17)22-5)19(21)20-18-13(3)9-12(2)10-14(18)4/h7-11H,6H2,1-5H3,(H,20,21). The number of methoxy groups -OCH3 is 1. The van der Waals surface area contributed by atoms with Gasteiger partial charge in [0, 0.05) is 11.3 Å². The Bertz CT molecular complexity index is 700. The molecule has 0 saturated carbocycles. The Kier molecular flexibility index (Phi) is 5.27. The van der Waals surface area contributed by atoms with Crippen molar-refractivity contribution < 1.29 is 14.3 Å². The largest absolute Gasteiger partial charge is 0.493 e. The number of ether oxygens (including phenoxy) is 2. The quantitative estimate of drug-likeness (QED) is 0.896. The Labute approximate surface area is 137 Å². The molecule has 0 fully saturated rings. The minimum absolute atomic E-state index is 0.163. The molecule has 0 aliphatic heterocycles. The zero-order valence-corrected chi connectivity index (χ0v) is 14.3. The molecule has 0 aromatic heterocycles. The molecule has 1 N–H and O–H groups in total. The topological polar surface area (TPSA) is 47.6 Å². The number of hydrogen-bond acceptors (Lipinski definition) is 3. The van der Waals surface area contributed by atoms with Gasteiger partial charge in [-0.2, -0.15) is 0 Å². The highest BCUT2D eigenvalue weighted by molar-refractivity contribution is 6.05. The van der Waals surface area contributed by atoms with Crippen LogP contribution in [0.3, 0.4) is 0 Å². The van der Waals surface area contributed by atoms with Crippen LogP contribution in [-0.4, -0.2) is 19.6 Å². The number of nitrogens with one attached hydrogen (secondary N) is 1. The van der Waals surface area contributed by atoms with Crippen LogP contribution in [0.15, 0.2) is 30.3 Å². The lowest BCUT2D eigenvalue weighted by atomic mass is 10.0. The molecule has 1 amide bonds. The second kappa shape index (κ2) is 7.18. The Morgan fingerprint density at radius 2 is 1.70 bits per heavy atom. The first-order chi connectivity index (χ1) is 11.0. The average Bonchev–Trinajstić information content (AvgIpc) is 2.51. The summed E-state index contributed by atoms with van der Waals surface area (Å²) in [7, 11) is 1.58. The first-order valence-electron chi connectivity index (χ1n) is 7.66. The molecule has 4 nitrogen and oxygen atoms in total. The monoisotopic (exact) mass is 313 g/mol. The molecule has 0 unspecified atom stereocenters. The van der Waals surface area contributed by atoms with E-state index in [2.05, 4.69) is 17.4 Å². The van der Waals surface area contributed by atoms with Crippen LogP contribution in [0.5, 0.6) is 11.5 Å². The lowest BCUT2D eigenvalue weighted by Crippen LogP contribution is -2.14. The number of hydrogen-bond donors (Lipinski definition) is 1. The molecule has 23 heavy (non-hydrogen) atoms. The highest BCUT2D eigenvalue weighted by Gasteiger charge is 2.13. The highest BCUT2D eigenvalue weighted by Crippen LogP contribution is 2.29. The van der Waals surface area contributed by atoms with Gasteiger partial charge in [-0.25, -0.2) is 0 Å². The maximum atomic E-state index is 12.6. The van der Waals surface area contributed by atoms with Crippen molar-refractivity contribution in [3.8, 4) is 11.5 Å². The van der Waals surface area contributed by atoms with Gasteiger partial charge in [-0.05, 0) is 57.0 Å². The molecule has 0 atom stereocenters. The Morgan fingerprint density at radius 3 is 2.26 bits per heavy atom. The summed E-state index contributed by atoms with van der Waals surface area (Å²) in [6, 6.07) is 9.30. The van der Waals surface area contributed by atoms with Gasteiger partial charge in [-0.1, -0.05) is 17.7 Å². The Balaban J connectivity index is 2.29. The van der Waals surface area contributed by atoms with Crippen molar-refractivity contribution in [3.05, 3.63) is 52.6 Å². The van der Waals surface area contributed by atoms with Gasteiger partial charge in [0.2, 0.25) is 0 Å². The SMILES string of the molecule is CCOc1cc(C(=O)Nc2c(C)cc(C)cc2C)ccc1OC. The van der Waals surface area contributed by atoms with Crippen molar-refractivity contribution in [2.45, 2.75) is 27.7 Å². The summed E-state index contributed by atoms with van der Waals surface area (Å²) in [4.78, 5) is 12.6. The second-order valence-electron chi connectivity index (χ2n) is 5.53. The number of carbonyl (C=O) groups excluding carboxylic acids is 1. The molecule has 0 aliphatic carbocycles. The normalized spacial score (nSPS) is 10.3. The summed E-state index contributed by atoms with van der Waals surface area (Å²) in [5.74, 6) is 1.02. The lowest BCUT2D eigenvalue weighted by Gasteiger charge is -2.14. The Hall–Kier alpha value is -2.49. The maximum Gasteiger partial charge on any atom is 0.255 e. The predicted molar refractivity (Wildman–Crippen MR) is 92.8 cm³/mol. The van der Waals surface area contributed by atoms with E-state index in [9.17, 15) is 4.79 Å². The third-order valence-corrected chi connectivity index (χ3v) is 3.64. The van der Waals surface area contributed by atoms with E-state index in [0.29, 0.717) is 23.7 Å². The van der Waals surface area contributed by atoms with E-state index in [0.717, 1.165) is 16.8 Å². The number of amides is 1. The molecule has 0 saturated heterocycles. The lowest BCUT2D eigenvalue weighted by molar-refractivity contribution is 0.102. The van der Waals surface area contributed by atoms with Crippen LogP contribution in [0.2, 0.25) is 0 Å². The van der Waals surface area contributed by atoms with E-state index in [1.807, 2.05) is 27.7 Å². The summed E-state index contributed by atoms with van der Waals surface area (Å²) in [6.45, 7) is 8.44. The van der Waals surface area contributed by atoms with Gasteiger partial charge < -0.3 is 14.8 Å². The number of aryl methyl sites for hydroxylation is 3. The number of carbonyl (C=O) groups is 1. The number of rotatable bonds is 5. The fourth-order valence-electron chi connectivity index (χ4n) is 2.65. The number of benzene rings is 2. The molecular weight excluding hydrogens is 290 g/mol. The molecular formula is C19H23NO3. The van der Waals surface area contributed by atoms with E-state index in [1.165, 1.54) is 5.56 Å². The van der Waals surface area contributed by atoms with E-state index < -0.39 is 0 Å². The minimum Gasteiger partial charge on any atom is -0.493 e. The van der Waals surface area contributed by atoms with Gasteiger partial charge >= 0.3 is 0 Å². The zero-order valence-electron chi connectivity index (χ0n) is 14.3. The molecule has 4 heteroatoms. The molecule has 2 aromatic carbocycles. The third kappa shape index (κ3) is 3.83. The van der Waals surface area contributed by atoms with Crippen molar-refractivity contribution >= 4 is 11.6 Å². The summed E-state index contributed by atoms with van der Waals surface area (Å²) >= 11 is 0. The summed E-state index contributed by atoms with van der Waals surface area (Å²) in [6.07, 6.45) is 0. The summed E-state index contributed by atoms with van der Waals surface area (Å²) < 4.78 is 10.8. The van der Waals surface area contributed by atoms with Gasteiger partial charge in [0.15, 0.2) is 11.5 Å². The van der Waals surface area contributed by atoms with E-state index >= 15 is 0 Å². The summed E-state index contributed by atoms with van der Waals surface area (Å²) in [5.41, 5.74) is 4.67. The first-order valence-corrected chi connectivity index (χ1v) is 7.66. The summed E-state index contributed by atoms with van der Waals surface area (Å²) in [5, 5.41) is 2.99. The van der Waals surface area contributed by atoms with Crippen LogP contribution in [0.25, 0.3) is 0 Å². The molecule has 0 heterocycles. The van der Waals surface area contributed by atoms with Crippen molar-refractivity contribution in [2.75, 3.05) is 19.0 Å². The molecule has 0 bridgehead atoms. The van der Waals surface area contributed by atoms with Crippen LogP contribution in [0.4, 0.5) is 5.69 Å².